The van der Waals surface area contributed by atoms with Gasteiger partial charge in [0.2, 0.25) is 5.91 Å². The van der Waals surface area contributed by atoms with Crippen LogP contribution in [-0.2, 0) is 20.7 Å². The number of methoxy groups -OCH3 is 1. The third-order valence-electron chi connectivity index (χ3n) is 4.03. The number of esters is 1. The predicted molar refractivity (Wildman–Crippen MR) is 118 cm³/mol. The molecule has 30 heavy (non-hydrogen) atoms. The monoisotopic (exact) mass is 432 g/mol. The number of benzene rings is 1. The van der Waals surface area contributed by atoms with Crippen LogP contribution in [-0.4, -0.2) is 37.2 Å². The lowest BCUT2D eigenvalue weighted by molar-refractivity contribution is -0.142. The average Bonchev–Trinajstić information content (AvgIpc) is 3.16. The van der Waals surface area contributed by atoms with Gasteiger partial charge in [-0.1, -0.05) is 25.8 Å². The lowest BCUT2D eigenvalue weighted by atomic mass is 10.2. The van der Waals surface area contributed by atoms with Crippen molar-refractivity contribution in [2.45, 2.75) is 39.5 Å². The van der Waals surface area contributed by atoms with Crippen molar-refractivity contribution in [2.75, 3.05) is 25.6 Å². The second-order valence-electron chi connectivity index (χ2n) is 6.41. The van der Waals surface area contributed by atoms with E-state index in [-0.39, 0.29) is 18.3 Å². The Morgan fingerprint density at radius 2 is 2.03 bits per heavy atom. The zero-order valence-corrected chi connectivity index (χ0v) is 18.4. The van der Waals surface area contributed by atoms with Crippen molar-refractivity contribution < 1.29 is 23.8 Å². The van der Waals surface area contributed by atoms with Crippen molar-refractivity contribution in [2.24, 2.45) is 0 Å². The maximum Gasteiger partial charge on any atom is 0.311 e. The van der Waals surface area contributed by atoms with Gasteiger partial charge in [0, 0.05) is 11.5 Å². The Morgan fingerprint density at radius 1 is 1.20 bits per heavy atom. The van der Waals surface area contributed by atoms with Crippen LogP contribution < -0.4 is 14.8 Å². The van der Waals surface area contributed by atoms with Gasteiger partial charge >= 0.3 is 5.97 Å². The summed E-state index contributed by atoms with van der Waals surface area (Å²) in [6, 6.07) is 5.52. The van der Waals surface area contributed by atoms with Crippen molar-refractivity contribution in [3.63, 3.8) is 0 Å². The van der Waals surface area contributed by atoms with Crippen LogP contribution in [0.25, 0.3) is 6.08 Å². The Morgan fingerprint density at radius 3 is 2.77 bits per heavy atom. The van der Waals surface area contributed by atoms with E-state index < -0.39 is 0 Å². The standard InChI is InChI=1S/C22H28N2O5S/c1-4-6-7-12-29-18-10-8-16(13-19(18)27-3)9-11-20(25)24-22-23-17(15-30-22)14-21(26)28-5-2/h8-11,13,15H,4-7,12,14H2,1-3H3,(H,23,24,25)/b11-9+. The number of unbranched alkanes of at least 4 members (excludes halogenated alkanes) is 2. The van der Waals surface area contributed by atoms with E-state index >= 15 is 0 Å². The molecule has 1 aromatic carbocycles. The molecule has 2 aromatic rings. The Labute approximate surface area is 181 Å². The molecule has 8 heteroatoms. The van der Waals surface area contributed by atoms with Gasteiger partial charge in [-0.3, -0.25) is 14.9 Å². The molecule has 0 bridgehead atoms. The van der Waals surface area contributed by atoms with Gasteiger partial charge in [-0.2, -0.15) is 0 Å². The van der Waals surface area contributed by atoms with E-state index in [2.05, 4.69) is 17.2 Å². The fourth-order valence-corrected chi connectivity index (χ4v) is 3.28. The first-order chi connectivity index (χ1) is 14.5. The van der Waals surface area contributed by atoms with Crippen LogP contribution in [0, 0.1) is 0 Å². The molecule has 1 amide bonds. The molecule has 1 aromatic heterocycles. The highest BCUT2D eigenvalue weighted by molar-refractivity contribution is 7.14. The highest BCUT2D eigenvalue weighted by atomic mass is 32.1. The highest BCUT2D eigenvalue weighted by Gasteiger charge is 2.10. The van der Waals surface area contributed by atoms with Crippen LogP contribution in [0.2, 0.25) is 0 Å². The molecule has 0 radical (unpaired) electrons. The molecule has 0 fully saturated rings. The number of hydrogen-bond acceptors (Lipinski definition) is 7. The molecule has 0 atom stereocenters. The lowest BCUT2D eigenvalue weighted by Crippen LogP contribution is -2.09. The van der Waals surface area contributed by atoms with E-state index in [1.807, 2.05) is 18.2 Å². The predicted octanol–water partition coefficient (Wildman–Crippen LogP) is 4.48. The summed E-state index contributed by atoms with van der Waals surface area (Å²) < 4.78 is 16.0. The van der Waals surface area contributed by atoms with Gasteiger partial charge in [0.05, 0.1) is 32.4 Å². The van der Waals surface area contributed by atoms with Crippen LogP contribution in [0.3, 0.4) is 0 Å². The van der Waals surface area contributed by atoms with E-state index in [1.54, 1.807) is 25.5 Å². The molecule has 0 aliphatic carbocycles. The minimum atomic E-state index is -0.340. The van der Waals surface area contributed by atoms with Gasteiger partial charge in [0.25, 0.3) is 0 Å². The van der Waals surface area contributed by atoms with Crippen LogP contribution in [0.15, 0.2) is 29.7 Å². The summed E-state index contributed by atoms with van der Waals surface area (Å²) in [7, 11) is 1.59. The van der Waals surface area contributed by atoms with Crippen molar-refractivity contribution in [3.8, 4) is 11.5 Å². The van der Waals surface area contributed by atoms with E-state index in [0.29, 0.717) is 35.5 Å². The molecule has 7 nitrogen and oxygen atoms in total. The number of ether oxygens (including phenoxy) is 3. The number of carbonyl (C=O) groups is 2. The Kier molecular flexibility index (Phi) is 9.86. The summed E-state index contributed by atoms with van der Waals surface area (Å²) >= 11 is 1.26. The van der Waals surface area contributed by atoms with Crippen LogP contribution in [0.1, 0.15) is 44.4 Å². The lowest BCUT2D eigenvalue weighted by Gasteiger charge is -2.11. The van der Waals surface area contributed by atoms with Gasteiger partial charge in [-0.05, 0) is 37.1 Å². The minimum absolute atomic E-state index is 0.0860. The van der Waals surface area contributed by atoms with Crippen molar-refractivity contribution in [3.05, 3.63) is 40.9 Å². The molecule has 0 saturated carbocycles. The SMILES string of the molecule is CCCCCOc1ccc(/C=C/C(=O)Nc2nc(CC(=O)OCC)cs2)cc1OC. The molecule has 0 saturated heterocycles. The molecular formula is C22H28N2O5S. The third-order valence-corrected chi connectivity index (χ3v) is 4.84. The summed E-state index contributed by atoms with van der Waals surface area (Å²) in [5.74, 6) is 0.655. The maximum atomic E-state index is 12.2. The maximum absolute atomic E-state index is 12.2. The topological polar surface area (TPSA) is 86.8 Å². The largest absolute Gasteiger partial charge is 0.493 e. The molecule has 0 aliphatic heterocycles. The molecule has 0 unspecified atom stereocenters. The number of aromatic nitrogens is 1. The van der Waals surface area contributed by atoms with E-state index in [4.69, 9.17) is 14.2 Å². The zero-order valence-electron chi connectivity index (χ0n) is 17.6. The quantitative estimate of drug-likeness (QED) is 0.302. The number of anilines is 1. The fourth-order valence-electron chi connectivity index (χ4n) is 2.57. The number of amides is 1. The summed E-state index contributed by atoms with van der Waals surface area (Å²) in [6.07, 6.45) is 6.46. The number of nitrogens with one attached hydrogen (secondary N) is 1. The first-order valence-corrected chi connectivity index (χ1v) is 10.8. The highest BCUT2D eigenvalue weighted by Crippen LogP contribution is 2.29. The number of carbonyl (C=O) groups excluding carboxylic acids is 2. The summed E-state index contributed by atoms with van der Waals surface area (Å²) in [5.41, 5.74) is 1.38. The Bertz CT molecular complexity index is 863. The van der Waals surface area contributed by atoms with Crippen molar-refractivity contribution >= 4 is 34.4 Å². The van der Waals surface area contributed by atoms with E-state index in [9.17, 15) is 9.59 Å². The molecule has 0 spiro atoms. The van der Waals surface area contributed by atoms with Crippen LogP contribution in [0.5, 0.6) is 11.5 Å². The molecular weight excluding hydrogens is 404 g/mol. The van der Waals surface area contributed by atoms with Gasteiger partial charge < -0.3 is 14.2 Å². The fraction of sp³-hybridized carbons (Fsp3) is 0.409. The molecule has 162 valence electrons. The van der Waals surface area contributed by atoms with Gasteiger partial charge in [-0.15, -0.1) is 11.3 Å². The molecule has 1 N–H and O–H groups in total. The van der Waals surface area contributed by atoms with Gasteiger partial charge in [-0.25, -0.2) is 4.98 Å². The summed E-state index contributed by atoms with van der Waals surface area (Å²) in [5, 5.41) is 4.84. The van der Waals surface area contributed by atoms with Gasteiger partial charge in [0.15, 0.2) is 16.6 Å². The normalized spacial score (nSPS) is 10.8. The summed E-state index contributed by atoms with van der Waals surface area (Å²) in [4.78, 5) is 27.9. The zero-order chi connectivity index (χ0) is 21.8. The first kappa shape index (κ1) is 23.4. The molecule has 0 aliphatic rings. The molecule has 1 heterocycles. The third kappa shape index (κ3) is 7.87. The van der Waals surface area contributed by atoms with Gasteiger partial charge in [0.1, 0.15) is 0 Å². The smallest absolute Gasteiger partial charge is 0.311 e. The second kappa shape index (κ2) is 12.6. The van der Waals surface area contributed by atoms with Crippen LogP contribution in [0.4, 0.5) is 5.13 Å². The molecule has 2 rings (SSSR count). The Hall–Kier alpha value is -2.87. The number of hydrogen-bond donors (Lipinski definition) is 1. The van der Waals surface area contributed by atoms with Crippen molar-refractivity contribution in [1.29, 1.82) is 0 Å². The Balaban J connectivity index is 1.91. The number of rotatable bonds is 12. The first-order valence-electron chi connectivity index (χ1n) is 9.95. The van der Waals surface area contributed by atoms with E-state index in [0.717, 1.165) is 24.8 Å². The van der Waals surface area contributed by atoms with Crippen LogP contribution >= 0.6 is 11.3 Å². The second-order valence-corrected chi connectivity index (χ2v) is 7.27. The van der Waals surface area contributed by atoms with Crippen molar-refractivity contribution in [1.82, 2.24) is 4.98 Å². The average molecular weight is 433 g/mol. The number of nitrogens with zero attached hydrogens (tertiary/aromatic N) is 1. The minimum Gasteiger partial charge on any atom is -0.493 e. The summed E-state index contributed by atoms with van der Waals surface area (Å²) in [6.45, 7) is 4.87. The number of thiazole rings is 1. The van der Waals surface area contributed by atoms with E-state index in [1.165, 1.54) is 17.4 Å².